The second-order valence-corrected chi connectivity index (χ2v) is 7.21. The number of guanidine groups is 1. The summed E-state index contributed by atoms with van der Waals surface area (Å²) < 4.78 is 16.8. The highest BCUT2D eigenvalue weighted by molar-refractivity contribution is 14.0. The van der Waals surface area contributed by atoms with Gasteiger partial charge in [0.15, 0.2) is 5.96 Å². The molecule has 1 aromatic carbocycles. The molecule has 2 N–H and O–H groups in total. The van der Waals surface area contributed by atoms with Crippen molar-refractivity contribution in [3.05, 3.63) is 29.8 Å². The normalized spacial score (nSPS) is 16.3. The third-order valence-corrected chi connectivity index (χ3v) is 4.59. The average molecular weight is 519 g/mol. The van der Waals surface area contributed by atoms with Gasteiger partial charge in [-0.15, -0.1) is 24.0 Å². The zero-order valence-electron chi connectivity index (χ0n) is 18.0. The van der Waals surface area contributed by atoms with Crippen molar-refractivity contribution >= 4 is 29.9 Å². The Morgan fingerprint density at radius 2 is 1.97 bits per heavy atom. The first-order valence-electron chi connectivity index (χ1n) is 10.6. The van der Waals surface area contributed by atoms with Gasteiger partial charge in [0, 0.05) is 38.8 Å². The van der Waals surface area contributed by atoms with E-state index in [-0.39, 0.29) is 24.0 Å². The lowest BCUT2D eigenvalue weighted by atomic mass is 10.1. The van der Waals surface area contributed by atoms with E-state index in [9.17, 15) is 0 Å². The molecule has 166 valence electrons. The first-order chi connectivity index (χ1) is 13.8. The predicted molar refractivity (Wildman–Crippen MR) is 130 cm³/mol. The Hall–Kier alpha value is -1.06. The van der Waals surface area contributed by atoms with Crippen LogP contribution in [0, 0.1) is 12.8 Å². The second-order valence-electron chi connectivity index (χ2n) is 7.21. The van der Waals surface area contributed by atoms with Crippen molar-refractivity contribution in [2.24, 2.45) is 10.9 Å². The second kappa shape index (κ2) is 16.7. The molecule has 1 aliphatic heterocycles. The summed E-state index contributed by atoms with van der Waals surface area (Å²) in [7, 11) is 0. The molecule has 1 aromatic rings. The van der Waals surface area contributed by atoms with E-state index in [0.29, 0.717) is 5.92 Å². The maximum atomic E-state index is 5.76. The Kier molecular flexibility index (Phi) is 15.0. The number of hydrogen-bond donors (Lipinski definition) is 2. The first kappa shape index (κ1) is 26.0. The first-order valence-corrected chi connectivity index (χ1v) is 10.6. The molecular formula is C22H38IN3O3. The van der Waals surface area contributed by atoms with Crippen molar-refractivity contribution in [1.29, 1.82) is 0 Å². The molecular weight excluding hydrogens is 481 g/mol. The maximum absolute atomic E-state index is 5.76. The quantitative estimate of drug-likeness (QED) is 0.180. The van der Waals surface area contributed by atoms with E-state index >= 15 is 0 Å². The van der Waals surface area contributed by atoms with Crippen LogP contribution in [-0.4, -0.2) is 58.6 Å². The SMILES string of the molecule is CCNC(=NCCCOCC1CCOC1)NCCCCOc1ccc(C)cc1.I. The summed E-state index contributed by atoms with van der Waals surface area (Å²) in [5.74, 6) is 2.40. The number of rotatable bonds is 13. The fraction of sp³-hybridized carbons (Fsp3) is 0.682. The summed E-state index contributed by atoms with van der Waals surface area (Å²) >= 11 is 0. The zero-order valence-corrected chi connectivity index (χ0v) is 20.3. The van der Waals surface area contributed by atoms with Crippen molar-refractivity contribution in [2.75, 3.05) is 52.7 Å². The van der Waals surface area contributed by atoms with Crippen LogP contribution in [-0.2, 0) is 9.47 Å². The van der Waals surface area contributed by atoms with Gasteiger partial charge in [0.1, 0.15) is 5.75 Å². The van der Waals surface area contributed by atoms with Gasteiger partial charge >= 0.3 is 0 Å². The smallest absolute Gasteiger partial charge is 0.191 e. The summed E-state index contributed by atoms with van der Waals surface area (Å²) in [5.41, 5.74) is 1.25. The summed E-state index contributed by atoms with van der Waals surface area (Å²) in [6, 6.07) is 8.19. The lowest BCUT2D eigenvalue weighted by Gasteiger charge is -2.12. The molecule has 29 heavy (non-hydrogen) atoms. The number of aryl methyl sites for hydroxylation is 1. The summed E-state index contributed by atoms with van der Waals surface area (Å²) in [6.45, 7) is 10.7. The van der Waals surface area contributed by atoms with Crippen LogP contribution in [0.15, 0.2) is 29.3 Å². The largest absolute Gasteiger partial charge is 0.494 e. The van der Waals surface area contributed by atoms with Gasteiger partial charge in [-0.2, -0.15) is 0 Å². The van der Waals surface area contributed by atoms with Gasteiger partial charge in [-0.05, 0) is 51.7 Å². The van der Waals surface area contributed by atoms with Crippen LogP contribution in [0.2, 0.25) is 0 Å². The van der Waals surface area contributed by atoms with Crippen molar-refractivity contribution < 1.29 is 14.2 Å². The minimum atomic E-state index is 0. The number of benzene rings is 1. The van der Waals surface area contributed by atoms with Gasteiger partial charge in [-0.25, -0.2) is 0 Å². The van der Waals surface area contributed by atoms with Gasteiger partial charge in [-0.3, -0.25) is 4.99 Å². The number of unbranched alkanes of at least 4 members (excludes halogenated alkanes) is 1. The van der Waals surface area contributed by atoms with E-state index in [4.69, 9.17) is 14.2 Å². The number of hydrogen-bond acceptors (Lipinski definition) is 4. The third kappa shape index (κ3) is 12.3. The Balaban J connectivity index is 0.00000420. The zero-order chi connectivity index (χ0) is 19.9. The third-order valence-electron chi connectivity index (χ3n) is 4.59. The lowest BCUT2D eigenvalue weighted by molar-refractivity contribution is 0.0893. The summed E-state index contributed by atoms with van der Waals surface area (Å²) in [6.07, 6.45) is 4.12. The minimum absolute atomic E-state index is 0. The fourth-order valence-corrected chi connectivity index (χ4v) is 2.92. The number of nitrogens with zero attached hydrogens (tertiary/aromatic N) is 1. The molecule has 1 heterocycles. The average Bonchev–Trinajstić information content (AvgIpc) is 3.22. The number of nitrogens with one attached hydrogen (secondary N) is 2. The Bertz CT molecular complexity index is 549. The Labute approximate surface area is 193 Å². The highest BCUT2D eigenvalue weighted by Crippen LogP contribution is 2.12. The molecule has 2 rings (SSSR count). The molecule has 0 aliphatic carbocycles. The molecule has 0 spiro atoms. The van der Waals surface area contributed by atoms with Gasteiger partial charge in [0.25, 0.3) is 0 Å². The highest BCUT2D eigenvalue weighted by Gasteiger charge is 2.15. The fourth-order valence-electron chi connectivity index (χ4n) is 2.92. The van der Waals surface area contributed by atoms with E-state index in [1.165, 1.54) is 5.56 Å². The molecule has 0 saturated carbocycles. The van der Waals surface area contributed by atoms with Crippen LogP contribution in [0.5, 0.6) is 5.75 Å². The van der Waals surface area contributed by atoms with E-state index in [2.05, 4.69) is 41.6 Å². The maximum Gasteiger partial charge on any atom is 0.191 e. The number of aliphatic imine (C=N–C) groups is 1. The number of ether oxygens (including phenoxy) is 3. The highest BCUT2D eigenvalue weighted by atomic mass is 127. The van der Waals surface area contributed by atoms with Crippen LogP contribution >= 0.6 is 24.0 Å². The van der Waals surface area contributed by atoms with Crippen LogP contribution in [0.3, 0.4) is 0 Å². The standard InChI is InChI=1S/C22H37N3O3.HI/c1-3-23-22(25-13-6-14-26-17-20-11-16-27-18-20)24-12-4-5-15-28-21-9-7-19(2)8-10-21;/h7-10,20H,3-6,11-18H2,1-2H3,(H2,23,24,25);1H. The monoisotopic (exact) mass is 519 g/mol. The topological polar surface area (TPSA) is 64.1 Å². The molecule has 0 radical (unpaired) electrons. The molecule has 1 atom stereocenters. The molecule has 0 bridgehead atoms. The van der Waals surface area contributed by atoms with Gasteiger partial charge in [0.05, 0.1) is 19.8 Å². The molecule has 0 aromatic heterocycles. The molecule has 6 nitrogen and oxygen atoms in total. The Morgan fingerprint density at radius 1 is 1.14 bits per heavy atom. The molecule has 7 heteroatoms. The molecule has 1 saturated heterocycles. The number of halogens is 1. The molecule has 0 amide bonds. The molecule has 1 fully saturated rings. The van der Waals surface area contributed by atoms with Crippen LogP contribution < -0.4 is 15.4 Å². The minimum Gasteiger partial charge on any atom is -0.494 e. The molecule has 1 aliphatic rings. The van der Waals surface area contributed by atoms with Crippen molar-refractivity contribution in [2.45, 2.75) is 39.5 Å². The van der Waals surface area contributed by atoms with Crippen LogP contribution in [0.4, 0.5) is 0 Å². The Morgan fingerprint density at radius 3 is 2.69 bits per heavy atom. The van der Waals surface area contributed by atoms with Gasteiger partial charge in [0.2, 0.25) is 0 Å². The molecule has 1 unspecified atom stereocenters. The van der Waals surface area contributed by atoms with Crippen molar-refractivity contribution in [1.82, 2.24) is 10.6 Å². The predicted octanol–water partition coefficient (Wildman–Crippen LogP) is 3.77. The van der Waals surface area contributed by atoms with E-state index in [1.54, 1.807) is 0 Å². The van der Waals surface area contributed by atoms with Gasteiger partial charge < -0.3 is 24.8 Å². The van der Waals surface area contributed by atoms with E-state index < -0.39 is 0 Å². The van der Waals surface area contributed by atoms with Crippen molar-refractivity contribution in [3.63, 3.8) is 0 Å². The van der Waals surface area contributed by atoms with Crippen molar-refractivity contribution in [3.8, 4) is 5.75 Å². The van der Waals surface area contributed by atoms with E-state index in [0.717, 1.165) is 90.1 Å². The van der Waals surface area contributed by atoms with E-state index in [1.807, 2.05) is 12.1 Å². The van der Waals surface area contributed by atoms with Gasteiger partial charge in [-0.1, -0.05) is 17.7 Å². The summed E-state index contributed by atoms with van der Waals surface area (Å²) in [4.78, 5) is 4.61. The van der Waals surface area contributed by atoms with Crippen LogP contribution in [0.1, 0.15) is 38.2 Å². The van der Waals surface area contributed by atoms with Crippen LogP contribution in [0.25, 0.3) is 0 Å². The lowest BCUT2D eigenvalue weighted by Crippen LogP contribution is -2.38. The summed E-state index contributed by atoms with van der Waals surface area (Å²) in [5, 5.41) is 6.68.